The fourth-order valence-corrected chi connectivity index (χ4v) is 7.36. The van der Waals surface area contributed by atoms with Crippen LogP contribution in [0.25, 0.3) is 77.9 Å². The van der Waals surface area contributed by atoms with Crippen molar-refractivity contribution in [1.82, 2.24) is 4.98 Å². The molecule has 0 fully saturated rings. The molecule has 0 aliphatic heterocycles. The second kappa shape index (κ2) is 12.9. The Labute approximate surface area is 306 Å². The van der Waals surface area contributed by atoms with Crippen LogP contribution >= 0.6 is 0 Å². The minimum Gasteiger partial charge on any atom is -0.455 e. The average molecular weight is 681 g/mol. The summed E-state index contributed by atoms with van der Waals surface area (Å²) >= 11 is 0. The van der Waals surface area contributed by atoms with E-state index >= 15 is 0 Å². The number of anilines is 3. The highest BCUT2D eigenvalue weighted by molar-refractivity contribution is 6.13. The Bertz CT molecular complexity index is 2860. The van der Waals surface area contributed by atoms with E-state index in [2.05, 4.69) is 163 Å². The second-order valence-corrected chi connectivity index (χ2v) is 13.2. The summed E-state index contributed by atoms with van der Waals surface area (Å²) in [7, 11) is 0. The molecule has 250 valence electrons. The molecule has 10 aromatic rings. The first-order valence-electron chi connectivity index (χ1n) is 17.8. The largest absolute Gasteiger partial charge is 0.455 e. The fourth-order valence-electron chi connectivity index (χ4n) is 7.36. The molecule has 0 atom stereocenters. The highest BCUT2D eigenvalue weighted by atomic mass is 16.4. The normalized spacial score (nSPS) is 11.4. The van der Waals surface area contributed by atoms with Crippen molar-refractivity contribution in [1.29, 1.82) is 0 Å². The van der Waals surface area contributed by atoms with Crippen LogP contribution < -0.4 is 4.90 Å². The number of fused-ring (bicyclic) bond motifs is 4. The van der Waals surface area contributed by atoms with Crippen molar-refractivity contribution in [2.45, 2.75) is 0 Å². The minimum absolute atomic E-state index is 0.600. The molecule has 2 heterocycles. The van der Waals surface area contributed by atoms with Gasteiger partial charge in [-0.05, 0) is 82.4 Å². The lowest BCUT2D eigenvalue weighted by molar-refractivity contribution is 0.617. The van der Waals surface area contributed by atoms with E-state index in [1.165, 1.54) is 11.1 Å². The molecule has 0 unspecified atom stereocenters. The molecule has 0 saturated carbocycles. The summed E-state index contributed by atoms with van der Waals surface area (Å²) in [5.74, 6) is 0.600. The lowest BCUT2D eigenvalue weighted by Gasteiger charge is -2.27. The Morgan fingerprint density at radius 3 is 1.68 bits per heavy atom. The summed E-state index contributed by atoms with van der Waals surface area (Å²) in [6, 6.07) is 67.6. The molecular formula is C49H32N2O2. The van der Waals surface area contributed by atoms with E-state index in [0.29, 0.717) is 11.5 Å². The van der Waals surface area contributed by atoms with Gasteiger partial charge in [0.15, 0.2) is 5.58 Å². The minimum atomic E-state index is 0.600. The molecule has 0 spiro atoms. The van der Waals surface area contributed by atoms with Gasteiger partial charge in [0, 0.05) is 45.0 Å². The van der Waals surface area contributed by atoms with Gasteiger partial charge in [0.2, 0.25) is 5.89 Å². The zero-order chi connectivity index (χ0) is 35.1. The van der Waals surface area contributed by atoms with Crippen LogP contribution in [0.5, 0.6) is 0 Å². The van der Waals surface area contributed by atoms with Crippen LogP contribution in [0.15, 0.2) is 203 Å². The number of benzene rings is 8. The van der Waals surface area contributed by atoms with Crippen molar-refractivity contribution in [2.75, 3.05) is 4.90 Å². The number of oxazole rings is 1. The van der Waals surface area contributed by atoms with Gasteiger partial charge in [-0.3, -0.25) is 0 Å². The highest BCUT2D eigenvalue weighted by Gasteiger charge is 2.20. The maximum Gasteiger partial charge on any atom is 0.227 e. The van der Waals surface area contributed by atoms with Crippen LogP contribution in [-0.2, 0) is 0 Å². The number of nitrogens with zero attached hydrogens (tertiary/aromatic N) is 2. The number of para-hydroxylation sites is 2. The van der Waals surface area contributed by atoms with E-state index in [4.69, 9.17) is 13.8 Å². The molecule has 0 N–H and O–H groups in total. The van der Waals surface area contributed by atoms with Crippen molar-refractivity contribution in [3.05, 3.63) is 194 Å². The molecule has 2 aromatic heterocycles. The molecule has 0 bridgehead atoms. The first kappa shape index (κ1) is 30.6. The van der Waals surface area contributed by atoms with Gasteiger partial charge < -0.3 is 13.7 Å². The highest BCUT2D eigenvalue weighted by Crippen LogP contribution is 2.44. The van der Waals surface area contributed by atoms with E-state index in [1.54, 1.807) is 0 Å². The van der Waals surface area contributed by atoms with Crippen molar-refractivity contribution in [3.8, 4) is 44.8 Å². The Morgan fingerprint density at radius 2 is 0.962 bits per heavy atom. The maximum absolute atomic E-state index is 6.72. The zero-order valence-electron chi connectivity index (χ0n) is 28.7. The van der Waals surface area contributed by atoms with Gasteiger partial charge in [-0.25, -0.2) is 4.98 Å². The first-order chi connectivity index (χ1) is 26.3. The topological polar surface area (TPSA) is 42.4 Å². The number of hydrogen-bond acceptors (Lipinski definition) is 4. The summed E-state index contributed by atoms with van der Waals surface area (Å²) < 4.78 is 12.9. The van der Waals surface area contributed by atoms with Crippen LogP contribution in [-0.4, -0.2) is 4.98 Å². The standard InChI is InChI=1S/C49H32N2O2/c1-5-14-33(15-6-1)34-24-26-38(27-25-34)51(37-20-11-4-12-21-37)39-28-29-40(43(30-39)35-16-7-2-8-17-35)41-22-13-23-42-44-31-45-47(32-46(44)52-48(41)42)53-49(50-45)36-18-9-3-10-19-36/h1-32H. The van der Waals surface area contributed by atoms with Crippen molar-refractivity contribution in [3.63, 3.8) is 0 Å². The van der Waals surface area contributed by atoms with Gasteiger partial charge in [-0.2, -0.15) is 0 Å². The number of hydrogen-bond donors (Lipinski definition) is 0. The van der Waals surface area contributed by atoms with Gasteiger partial charge in [0.25, 0.3) is 0 Å². The summed E-state index contributed by atoms with van der Waals surface area (Å²) in [4.78, 5) is 7.16. The molecule has 4 nitrogen and oxygen atoms in total. The molecule has 0 aliphatic carbocycles. The lowest BCUT2D eigenvalue weighted by Crippen LogP contribution is -2.10. The van der Waals surface area contributed by atoms with Crippen LogP contribution in [0.2, 0.25) is 0 Å². The summed E-state index contributed by atoms with van der Waals surface area (Å²) in [6.45, 7) is 0. The van der Waals surface area contributed by atoms with Crippen LogP contribution in [0.1, 0.15) is 0 Å². The smallest absolute Gasteiger partial charge is 0.227 e. The third-order valence-corrected chi connectivity index (χ3v) is 9.91. The Hall–Kier alpha value is -7.17. The molecular weight excluding hydrogens is 649 g/mol. The van der Waals surface area contributed by atoms with Gasteiger partial charge in [0.05, 0.1) is 0 Å². The Kier molecular flexibility index (Phi) is 7.43. The number of aromatic nitrogens is 1. The molecule has 10 rings (SSSR count). The number of rotatable bonds is 7. The molecule has 8 aromatic carbocycles. The predicted molar refractivity (Wildman–Crippen MR) is 218 cm³/mol. The van der Waals surface area contributed by atoms with E-state index in [1.807, 2.05) is 36.4 Å². The molecule has 0 amide bonds. The van der Waals surface area contributed by atoms with Crippen molar-refractivity contribution in [2.24, 2.45) is 0 Å². The molecule has 53 heavy (non-hydrogen) atoms. The fraction of sp³-hybridized carbons (Fsp3) is 0. The summed E-state index contributed by atoms with van der Waals surface area (Å²) in [5.41, 5.74) is 14.0. The zero-order valence-corrected chi connectivity index (χ0v) is 28.7. The Morgan fingerprint density at radius 1 is 0.358 bits per heavy atom. The summed E-state index contributed by atoms with van der Waals surface area (Å²) in [6.07, 6.45) is 0. The van der Waals surface area contributed by atoms with E-state index < -0.39 is 0 Å². The van der Waals surface area contributed by atoms with Crippen LogP contribution in [0, 0.1) is 0 Å². The quantitative estimate of drug-likeness (QED) is 0.168. The third kappa shape index (κ3) is 5.54. The van der Waals surface area contributed by atoms with E-state index in [0.717, 1.165) is 72.3 Å². The van der Waals surface area contributed by atoms with Gasteiger partial charge in [0.1, 0.15) is 16.7 Å². The summed E-state index contributed by atoms with van der Waals surface area (Å²) in [5, 5.41) is 2.05. The van der Waals surface area contributed by atoms with Gasteiger partial charge in [-0.15, -0.1) is 0 Å². The van der Waals surface area contributed by atoms with E-state index in [9.17, 15) is 0 Å². The molecule has 0 saturated heterocycles. The maximum atomic E-state index is 6.72. The Balaban J connectivity index is 1.12. The van der Waals surface area contributed by atoms with Gasteiger partial charge in [-0.1, -0.05) is 133 Å². The predicted octanol–water partition coefficient (Wildman–Crippen LogP) is 13.9. The SMILES string of the molecule is c1ccc(-c2ccc(N(c3ccccc3)c3ccc(-c4cccc5c4oc4cc6oc(-c7ccccc7)nc6cc45)c(-c4ccccc4)c3)cc2)cc1. The average Bonchev–Trinajstić information content (AvgIpc) is 3.82. The monoisotopic (exact) mass is 680 g/mol. The number of furan rings is 1. The molecule has 4 heteroatoms. The third-order valence-electron chi connectivity index (χ3n) is 9.91. The van der Waals surface area contributed by atoms with E-state index in [-0.39, 0.29) is 0 Å². The van der Waals surface area contributed by atoms with Crippen molar-refractivity contribution < 1.29 is 8.83 Å². The molecule has 0 radical (unpaired) electrons. The lowest BCUT2D eigenvalue weighted by atomic mass is 9.92. The molecule has 0 aliphatic rings. The van der Waals surface area contributed by atoms with Crippen molar-refractivity contribution >= 4 is 50.1 Å². The van der Waals surface area contributed by atoms with Crippen LogP contribution in [0.3, 0.4) is 0 Å². The second-order valence-electron chi connectivity index (χ2n) is 13.2. The van der Waals surface area contributed by atoms with Gasteiger partial charge >= 0.3 is 0 Å². The van der Waals surface area contributed by atoms with Crippen LogP contribution in [0.4, 0.5) is 17.1 Å². The first-order valence-corrected chi connectivity index (χ1v) is 17.8.